The van der Waals surface area contributed by atoms with Gasteiger partial charge in [-0.3, -0.25) is 14.5 Å². The van der Waals surface area contributed by atoms with Crippen molar-refractivity contribution >= 4 is 11.9 Å². The fourth-order valence-electron chi connectivity index (χ4n) is 4.26. The molecule has 1 aliphatic heterocycles. The third-order valence-corrected chi connectivity index (χ3v) is 5.95. The van der Waals surface area contributed by atoms with Gasteiger partial charge in [-0.2, -0.15) is 5.10 Å². The number of rotatable bonds is 6. The molecular formula is C25H27N3O4. The molecule has 2 atom stereocenters. The molecule has 0 aliphatic carbocycles. The summed E-state index contributed by atoms with van der Waals surface area (Å²) in [5.41, 5.74) is 3.85. The van der Waals surface area contributed by atoms with Crippen molar-refractivity contribution in [2.24, 2.45) is 5.92 Å². The van der Waals surface area contributed by atoms with Crippen LogP contribution in [-0.4, -0.2) is 53.4 Å². The third-order valence-electron chi connectivity index (χ3n) is 5.95. The van der Waals surface area contributed by atoms with Gasteiger partial charge in [0.05, 0.1) is 31.5 Å². The van der Waals surface area contributed by atoms with Gasteiger partial charge in [0.25, 0.3) is 0 Å². The zero-order valence-corrected chi connectivity index (χ0v) is 18.3. The predicted octanol–water partition coefficient (Wildman–Crippen LogP) is 3.47. The number of para-hydroxylation sites is 1. The van der Waals surface area contributed by atoms with Gasteiger partial charge >= 0.3 is 11.9 Å². The molecule has 7 heteroatoms. The maximum absolute atomic E-state index is 12.6. The summed E-state index contributed by atoms with van der Waals surface area (Å²) >= 11 is 0. The molecule has 1 fully saturated rings. The first kappa shape index (κ1) is 21.8. The van der Waals surface area contributed by atoms with E-state index in [-0.39, 0.29) is 17.9 Å². The highest BCUT2D eigenvalue weighted by atomic mass is 16.5. The van der Waals surface area contributed by atoms with Crippen LogP contribution in [0.15, 0.2) is 66.9 Å². The Morgan fingerprint density at radius 3 is 2.28 bits per heavy atom. The van der Waals surface area contributed by atoms with Crippen LogP contribution in [0, 0.1) is 5.92 Å². The zero-order valence-electron chi connectivity index (χ0n) is 18.3. The van der Waals surface area contributed by atoms with E-state index in [0.717, 1.165) is 22.5 Å². The average molecular weight is 434 g/mol. The van der Waals surface area contributed by atoms with Crippen LogP contribution in [0.2, 0.25) is 0 Å². The van der Waals surface area contributed by atoms with Crippen LogP contribution in [-0.2, 0) is 25.6 Å². The van der Waals surface area contributed by atoms with E-state index in [0.29, 0.717) is 25.9 Å². The van der Waals surface area contributed by atoms with Gasteiger partial charge in [-0.1, -0.05) is 48.5 Å². The minimum atomic E-state index is -0.512. The topological polar surface area (TPSA) is 73.7 Å². The number of piperidine rings is 1. The van der Waals surface area contributed by atoms with E-state index in [4.69, 9.17) is 14.6 Å². The van der Waals surface area contributed by atoms with Crippen molar-refractivity contribution in [2.75, 3.05) is 20.8 Å². The molecule has 0 amide bonds. The Balaban J connectivity index is 1.67. The Morgan fingerprint density at radius 1 is 0.969 bits per heavy atom. The predicted molar refractivity (Wildman–Crippen MR) is 120 cm³/mol. The summed E-state index contributed by atoms with van der Waals surface area (Å²) in [6, 6.07) is 19.4. The van der Waals surface area contributed by atoms with Crippen molar-refractivity contribution in [2.45, 2.75) is 25.4 Å². The summed E-state index contributed by atoms with van der Waals surface area (Å²) in [6.45, 7) is 1.11. The monoisotopic (exact) mass is 433 g/mol. The van der Waals surface area contributed by atoms with Crippen LogP contribution in [0.25, 0.3) is 16.9 Å². The molecule has 0 unspecified atom stereocenters. The van der Waals surface area contributed by atoms with E-state index in [1.165, 1.54) is 14.2 Å². The lowest BCUT2D eigenvalue weighted by Crippen LogP contribution is -2.48. The van der Waals surface area contributed by atoms with E-state index < -0.39 is 6.04 Å². The number of carbonyl (C=O) groups excluding carboxylic acids is 2. The second-order valence-electron chi connectivity index (χ2n) is 7.90. The van der Waals surface area contributed by atoms with E-state index in [1.54, 1.807) is 0 Å². The number of aromatic nitrogens is 2. The minimum Gasteiger partial charge on any atom is -0.469 e. The largest absolute Gasteiger partial charge is 0.469 e. The minimum absolute atomic E-state index is 0.277. The Kier molecular flexibility index (Phi) is 6.66. The normalized spacial score (nSPS) is 18.8. The quantitative estimate of drug-likeness (QED) is 0.555. The molecule has 166 valence electrons. The maximum Gasteiger partial charge on any atom is 0.323 e. The molecule has 7 nitrogen and oxygen atoms in total. The third kappa shape index (κ3) is 4.57. The number of esters is 2. The first-order valence-corrected chi connectivity index (χ1v) is 10.7. The van der Waals surface area contributed by atoms with Crippen molar-refractivity contribution in [1.82, 2.24) is 14.7 Å². The number of carbonyl (C=O) groups is 2. The Hall–Kier alpha value is -3.45. The number of nitrogens with zero attached hydrogens (tertiary/aromatic N) is 3. The highest BCUT2D eigenvalue weighted by Gasteiger charge is 2.38. The van der Waals surface area contributed by atoms with E-state index in [2.05, 4.69) is 4.90 Å². The second kappa shape index (κ2) is 9.78. The van der Waals surface area contributed by atoms with Crippen molar-refractivity contribution in [3.8, 4) is 16.9 Å². The van der Waals surface area contributed by atoms with Gasteiger partial charge in [0.1, 0.15) is 6.04 Å². The first-order valence-electron chi connectivity index (χ1n) is 10.7. The molecule has 3 aromatic rings. The summed E-state index contributed by atoms with van der Waals surface area (Å²) in [7, 11) is 2.76. The molecule has 0 bridgehead atoms. The summed E-state index contributed by atoms with van der Waals surface area (Å²) < 4.78 is 11.8. The van der Waals surface area contributed by atoms with Gasteiger partial charge in [0.15, 0.2) is 0 Å². The van der Waals surface area contributed by atoms with Gasteiger partial charge in [-0.25, -0.2) is 4.68 Å². The number of methoxy groups -OCH3 is 2. The highest BCUT2D eigenvalue weighted by Crippen LogP contribution is 2.30. The lowest BCUT2D eigenvalue weighted by molar-refractivity contribution is -0.154. The number of benzene rings is 2. The Labute approximate surface area is 187 Å². The first-order chi connectivity index (χ1) is 15.6. The highest BCUT2D eigenvalue weighted by molar-refractivity contribution is 5.78. The van der Waals surface area contributed by atoms with Crippen LogP contribution in [0.3, 0.4) is 0 Å². The molecule has 1 saturated heterocycles. The van der Waals surface area contributed by atoms with Crippen molar-refractivity contribution in [3.05, 3.63) is 72.4 Å². The van der Waals surface area contributed by atoms with Gasteiger partial charge in [-0.05, 0) is 25.0 Å². The lowest BCUT2D eigenvalue weighted by atomic mass is 9.90. The van der Waals surface area contributed by atoms with E-state index in [1.807, 2.05) is 71.5 Å². The van der Waals surface area contributed by atoms with Gasteiger partial charge in [0, 0.05) is 30.4 Å². The number of likely N-dealkylation sites (tertiary alicyclic amines) is 1. The van der Waals surface area contributed by atoms with Gasteiger partial charge in [-0.15, -0.1) is 0 Å². The van der Waals surface area contributed by atoms with E-state index in [9.17, 15) is 9.59 Å². The van der Waals surface area contributed by atoms with Crippen molar-refractivity contribution < 1.29 is 19.1 Å². The molecule has 0 N–H and O–H groups in total. The van der Waals surface area contributed by atoms with E-state index >= 15 is 0 Å². The summed E-state index contributed by atoms with van der Waals surface area (Å²) in [5, 5.41) is 4.86. The fourth-order valence-corrected chi connectivity index (χ4v) is 4.26. The lowest BCUT2D eigenvalue weighted by Gasteiger charge is -2.36. The molecule has 0 saturated carbocycles. The standard InChI is InChI=1S/C25H27N3O4/c1-31-24(29)19-13-14-27(22(15-19)25(30)32-2)16-20-17-28(21-11-7-4-8-12-21)26-23(20)18-9-5-3-6-10-18/h3-12,17,19,22H,13-16H2,1-2H3/t19-,22+/m1/s1. The molecule has 2 aromatic carbocycles. The van der Waals surface area contributed by atoms with Crippen molar-refractivity contribution in [1.29, 1.82) is 0 Å². The molecule has 32 heavy (non-hydrogen) atoms. The molecule has 0 spiro atoms. The summed E-state index contributed by atoms with van der Waals surface area (Å²) in [6.07, 6.45) is 3.03. The number of ether oxygens (including phenoxy) is 2. The Morgan fingerprint density at radius 2 is 1.62 bits per heavy atom. The maximum atomic E-state index is 12.6. The molecular weight excluding hydrogens is 406 g/mol. The SMILES string of the molecule is COC(=O)[C@@H]1CCN(Cc2cn(-c3ccccc3)nc2-c2ccccc2)[C@H](C(=O)OC)C1. The van der Waals surface area contributed by atoms with Crippen LogP contribution >= 0.6 is 0 Å². The van der Waals surface area contributed by atoms with Gasteiger partial charge < -0.3 is 9.47 Å². The van der Waals surface area contributed by atoms with Crippen LogP contribution < -0.4 is 0 Å². The molecule has 0 radical (unpaired) electrons. The number of hydrogen-bond acceptors (Lipinski definition) is 6. The number of hydrogen-bond donors (Lipinski definition) is 0. The smallest absolute Gasteiger partial charge is 0.323 e. The van der Waals surface area contributed by atoms with Gasteiger partial charge in [0.2, 0.25) is 0 Å². The summed E-state index contributed by atoms with van der Waals surface area (Å²) in [4.78, 5) is 26.7. The zero-order chi connectivity index (χ0) is 22.5. The molecule has 2 heterocycles. The average Bonchev–Trinajstić information content (AvgIpc) is 3.28. The van der Waals surface area contributed by atoms with Crippen LogP contribution in [0.5, 0.6) is 0 Å². The summed E-state index contributed by atoms with van der Waals surface area (Å²) in [5.74, 6) is -0.920. The fraction of sp³-hybridized carbons (Fsp3) is 0.320. The molecule has 4 rings (SSSR count). The van der Waals surface area contributed by atoms with Crippen LogP contribution in [0.1, 0.15) is 18.4 Å². The Bertz CT molecular complexity index is 1070. The molecule has 1 aliphatic rings. The van der Waals surface area contributed by atoms with Crippen molar-refractivity contribution in [3.63, 3.8) is 0 Å². The molecule has 1 aromatic heterocycles. The second-order valence-corrected chi connectivity index (χ2v) is 7.90. The van der Waals surface area contributed by atoms with Crippen LogP contribution in [0.4, 0.5) is 0 Å².